The average molecular weight is 321 g/mol. The van der Waals surface area contributed by atoms with Gasteiger partial charge in [-0.25, -0.2) is 4.98 Å². The fourth-order valence-electron chi connectivity index (χ4n) is 2.27. The lowest BCUT2D eigenvalue weighted by atomic mass is 10.2. The summed E-state index contributed by atoms with van der Waals surface area (Å²) in [5.41, 5.74) is 2.88. The van der Waals surface area contributed by atoms with Gasteiger partial charge in [-0.15, -0.1) is 11.3 Å². The van der Waals surface area contributed by atoms with E-state index in [2.05, 4.69) is 25.5 Å². The van der Waals surface area contributed by atoms with E-state index in [-0.39, 0.29) is 5.91 Å². The number of fused-ring (bicyclic) bond motifs is 1. The summed E-state index contributed by atoms with van der Waals surface area (Å²) in [4.78, 5) is 20.9. The Bertz CT molecular complexity index is 976. The van der Waals surface area contributed by atoms with Crippen LogP contribution < -0.4 is 5.32 Å². The molecular formula is C16H11N5OS. The first kappa shape index (κ1) is 13.6. The van der Waals surface area contributed by atoms with E-state index in [4.69, 9.17) is 0 Å². The Hall–Kier alpha value is -3.06. The lowest BCUT2D eigenvalue weighted by Crippen LogP contribution is -2.12. The van der Waals surface area contributed by atoms with Crippen molar-refractivity contribution in [3.63, 3.8) is 0 Å². The molecule has 0 radical (unpaired) electrons. The molecule has 23 heavy (non-hydrogen) atoms. The summed E-state index contributed by atoms with van der Waals surface area (Å²) in [5.74, 6) is -0.283. The number of H-pyrrole nitrogens is 1. The van der Waals surface area contributed by atoms with E-state index in [1.54, 1.807) is 12.4 Å². The summed E-state index contributed by atoms with van der Waals surface area (Å²) >= 11 is 1.37. The molecule has 112 valence electrons. The minimum Gasteiger partial charge on any atom is -0.296 e. The van der Waals surface area contributed by atoms with E-state index in [1.165, 1.54) is 11.3 Å². The second kappa shape index (κ2) is 5.62. The summed E-state index contributed by atoms with van der Waals surface area (Å²) in [6.07, 6.45) is 3.45. The Morgan fingerprint density at radius 1 is 1.17 bits per heavy atom. The molecule has 0 atom stereocenters. The molecule has 1 aromatic carbocycles. The number of carbonyl (C=O) groups excluding carboxylic acids is 1. The van der Waals surface area contributed by atoms with Crippen LogP contribution in [0.5, 0.6) is 0 Å². The number of amides is 1. The lowest BCUT2D eigenvalue weighted by Gasteiger charge is -1.99. The second-order valence-electron chi connectivity index (χ2n) is 4.85. The van der Waals surface area contributed by atoms with Crippen LogP contribution in [-0.4, -0.2) is 26.1 Å². The molecule has 0 aliphatic carbocycles. The van der Waals surface area contributed by atoms with E-state index < -0.39 is 0 Å². The summed E-state index contributed by atoms with van der Waals surface area (Å²) in [7, 11) is 0. The molecule has 0 saturated carbocycles. The van der Waals surface area contributed by atoms with Crippen molar-refractivity contribution in [2.45, 2.75) is 0 Å². The van der Waals surface area contributed by atoms with E-state index in [0.29, 0.717) is 10.8 Å². The zero-order valence-electron chi connectivity index (χ0n) is 11.9. The molecule has 3 aromatic heterocycles. The van der Waals surface area contributed by atoms with Crippen LogP contribution in [0.25, 0.3) is 22.2 Å². The SMILES string of the molecule is O=C(Nc1nc(-c2cccnc2)cs1)c1n[nH]c2ccccc12. The molecule has 7 heteroatoms. The highest BCUT2D eigenvalue weighted by atomic mass is 32.1. The number of para-hydroxylation sites is 1. The van der Waals surface area contributed by atoms with Gasteiger partial charge in [0.25, 0.3) is 5.91 Å². The molecule has 0 unspecified atom stereocenters. The number of nitrogens with one attached hydrogen (secondary N) is 2. The molecule has 0 spiro atoms. The first-order valence-electron chi connectivity index (χ1n) is 6.91. The van der Waals surface area contributed by atoms with Gasteiger partial charge in [0, 0.05) is 28.7 Å². The van der Waals surface area contributed by atoms with Gasteiger partial charge in [-0.2, -0.15) is 5.10 Å². The van der Waals surface area contributed by atoms with Crippen molar-refractivity contribution in [1.82, 2.24) is 20.2 Å². The number of nitrogens with zero attached hydrogens (tertiary/aromatic N) is 3. The first-order chi connectivity index (χ1) is 11.3. The minimum absolute atomic E-state index is 0.283. The number of aromatic amines is 1. The molecule has 2 N–H and O–H groups in total. The van der Waals surface area contributed by atoms with Crippen LogP contribution in [0.15, 0.2) is 54.2 Å². The Kier molecular flexibility index (Phi) is 3.32. The van der Waals surface area contributed by atoms with Crippen LogP contribution in [-0.2, 0) is 0 Å². The highest BCUT2D eigenvalue weighted by molar-refractivity contribution is 7.14. The minimum atomic E-state index is -0.283. The van der Waals surface area contributed by atoms with Gasteiger partial charge in [0.05, 0.1) is 11.2 Å². The molecular weight excluding hydrogens is 310 g/mol. The average Bonchev–Trinajstić information content (AvgIpc) is 3.22. The predicted molar refractivity (Wildman–Crippen MR) is 89.4 cm³/mol. The van der Waals surface area contributed by atoms with E-state index >= 15 is 0 Å². The summed E-state index contributed by atoms with van der Waals surface area (Å²) in [5, 5.41) is 12.9. The van der Waals surface area contributed by atoms with Gasteiger partial charge in [0.1, 0.15) is 0 Å². The van der Waals surface area contributed by atoms with Crippen molar-refractivity contribution in [2.75, 3.05) is 5.32 Å². The van der Waals surface area contributed by atoms with Gasteiger partial charge in [-0.1, -0.05) is 18.2 Å². The summed E-state index contributed by atoms with van der Waals surface area (Å²) in [6.45, 7) is 0. The van der Waals surface area contributed by atoms with Crippen molar-refractivity contribution in [1.29, 1.82) is 0 Å². The van der Waals surface area contributed by atoms with Crippen LogP contribution in [0.2, 0.25) is 0 Å². The zero-order chi connectivity index (χ0) is 15.6. The molecule has 0 fully saturated rings. The fourth-order valence-corrected chi connectivity index (χ4v) is 2.99. The number of thiazole rings is 1. The van der Waals surface area contributed by atoms with Crippen LogP contribution in [0.4, 0.5) is 5.13 Å². The van der Waals surface area contributed by atoms with E-state index in [9.17, 15) is 4.79 Å². The van der Waals surface area contributed by atoms with E-state index in [0.717, 1.165) is 22.2 Å². The number of hydrogen-bond donors (Lipinski definition) is 2. The molecule has 0 aliphatic rings. The summed E-state index contributed by atoms with van der Waals surface area (Å²) in [6, 6.07) is 11.3. The standard InChI is InChI=1S/C16H11N5OS/c22-15(14-11-5-1-2-6-12(11)20-21-14)19-16-18-13(9-23-16)10-4-3-7-17-8-10/h1-9H,(H,20,21)(H,18,19,22). The van der Waals surface area contributed by atoms with E-state index in [1.807, 2.05) is 41.8 Å². The van der Waals surface area contributed by atoms with Crippen LogP contribution in [0.1, 0.15) is 10.5 Å². The quantitative estimate of drug-likeness (QED) is 0.606. The molecule has 6 nitrogen and oxygen atoms in total. The molecule has 1 amide bonds. The number of benzene rings is 1. The molecule has 0 aliphatic heterocycles. The Morgan fingerprint density at radius 3 is 2.96 bits per heavy atom. The Morgan fingerprint density at radius 2 is 2.09 bits per heavy atom. The molecule has 3 heterocycles. The van der Waals surface area contributed by atoms with Gasteiger partial charge < -0.3 is 0 Å². The number of aromatic nitrogens is 4. The van der Waals surface area contributed by atoms with Crippen LogP contribution >= 0.6 is 11.3 Å². The molecule has 4 rings (SSSR count). The largest absolute Gasteiger partial charge is 0.296 e. The maximum Gasteiger partial charge on any atom is 0.278 e. The number of anilines is 1. The number of pyridine rings is 1. The molecule has 0 saturated heterocycles. The Balaban J connectivity index is 1.59. The van der Waals surface area contributed by atoms with Crippen molar-refractivity contribution in [3.8, 4) is 11.3 Å². The van der Waals surface area contributed by atoms with Gasteiger partial charge >= 0.3 is 0 Å². The fraction of sp³-hybridized carbons (Fsp3) is 0. The van der Waals surface area contributed by atoms with Crippen molar-refractivity contribution in [2.24, 2.45) is 0 Å². The van der Waals surface area contributed by atoms with Gasteiger partial charge in [-0.05, 0) is 18.2 Å². The molecule has 0 bridgehead atoms. The lowest BCUT2D eigenvalue weighted by molar-refractivity contribution is 0.102. The van der Waals surface area contributed by atoms with Crippen molar-refractivity contribution in [3.05, 3.63) is 59.9 Å². The maximum absolute atomic E-state index is 12.4. The van der Waals surface area contributed by atoms with Crippen molar-refractivity contribution >= 4 is 33.3 Å². The first-order valence-corrected chi connectivity index (χ1v) is 7.79. The Labute approximate surface area is 135 Å². The smallest absolute Gasteiger partial charge is 0.278 e. The second-order valence-corrected chi connectivity index (χ2v) is 5.71. The third-order valence-corrected chi connectivity index (χ3v) is 4.13. The highest BCUT2D eigenvalue weighted by Gasteiger charge is 2.15. The number of carbonyl (C=O) groups is 1. The zero-order valence-corrected chi connectivity index (χ0v) is 12.7. The maximum atomic E-state index is 12.4. The highest BCUT2D eigenvalue weighted by Crippen LogP contribution is 2.25. The molecule has 4 aromatic rings. The van der Waals surface area contributed by atoms with Gasteiger partial charge in [0.15, 0.2) is 10.8 Å². The third-order valence-electron chi connectivity index (χ3n) is 3.37. The topological polar surface area (TPSA) is 83.6 Å². The van der Waals surface area contributed by atoms with Crippen molar-refractivity contribution < 1.29 is 4.79 Å². The number of hydrogen-bond acceptors (Lipinski definition) is 5. The predicted octanol–water partition coefficient (Wildman–Crippen LogP) is 3.33. The van der Waals surface area contributed by atoms with Crippen LogP contribution in [0, 0.1) is 0 Å². The monoisotopic (exact) mass is 321 g/mol. The third kappa shape index (κ3) is 2.58. The summed E-state index contributed by atoms with van der Waals surface area (Å²) < 4.78 is 0. The number of rotatable bonds is 3. The van der Waals surface area contributed by atoms with Gasteiger partial charge in [-0.3, -0.25) is 20.2 Å². The van der Waals surface area contributed by atoms with Gasteiger partial charge in [0.2, 0.25) is 0 Å². The normalized spacial score (nSPS) is 10.8. The van der Waals surface area contributed by atoms with Crippen LogP contribution in [0.3, 0.4) is 0 Å².